The third kappa shape index (κ3) is 4.21. The highest BCUT2D eigenvalue weighted by Crippen LogP contribution is 2.43. The van der Waals surface area contributed by atoms with Crippen LogP contribution in [0.4, 0.5) is 0 Å². The Labute approximate surface area is 225 Å². The molecule has 7 nitrogen and oxygen atoms in total. The van der Waals surface area contributed by atoms with Gasteiger partial charge in [-0.2, -0.15) is 5.10 Å². The van der Waals surface area contributed by atoms with Crippen molar-refractivity contribution < 1.29 is 8.42 Å². The molecule has 0 radical (unpaired) electrons. The Morgan fingerprint density at radius 1 is 0.842 bits per heavy atom. The summed E-state index contributed by atoms with van der Waals surface area (Å²) in [5, 5.41) is 11.5. The molecule has 5 aromatic rings. The molecule has 4 N–H and O–H groups in total. The van der Waals surface area contributed by atoms with Gasteiger partial charge in [-0.05, 0) is 53.9 Å². The molecular formula is C29H24ClN5O2S. The van der Waals surface area contributed by atoms with Gasteiger partial charge in [-0.25, -0.2) is 12.4 Å². The molecule has 0 bridgehead atoms. The molecule has 1 aliphatic carbocycles. The molecule has 1 saturated carbocycles. The van der Waals surface area contributed by atoms with Gasteiger partial charge < -0.3 is 11.5 Å². The van der Waals surface area contributed by atoms with E-state index in [1.807, 2.05) is 66.7 Å². The Balaban J connectivity index is 1.72. The molecule has 1 fully saturated rings. The average molecular weight is 542 g/mol. The molecule has 0 unspecified atom stereocenters. The Morgan fingerprint density at radius 2 is 1.53 bits per heavy atom. The van der Waals surface area contributed by atoms with E-state index in [1.54, 1.807) is 24.3 Å². The number of benzene rings is 4. The topological polar surface area (TPSA) is 116 Å². The largest absolute Gasteiger partial charge is 0.369 e. The van der Waals surface area contributed by atoms with Crippen molar-refractivity contribution in [3.63, 3.8) is 0 Å². The summed E-state index contributed by atoms with van der Waals surface area (Å²) in [7, 11) is -4.05. The van der Waals surface area contributed by atoms with Crippen molar-refractivity contribution in [2.75, 3.05) is 0 Å². The quantitative estimate of drug-likeness (QED) is 0.162. The normalized spacial score (nSPS) is 14.2. The van der Waals surface area contributed by atoms with Crippen LogP contribution in [-0.2, 0) is 10.0 Å². The van der Waals surface area contributed by atoms with Crippen LogP contribution in [0, 0.1) is 5.92 Å². The predicted octanol–water partition coefficient (Wildman–Crippen LogP) is 5.74. The van der Waals surface area contributed by atoms with Gasteiger partial charge in [0.05, 0.1) is 21.8 Å². The van der Waals surface area contributed by atoms with Crippen molar-refractivity contribution >= 4 is 55.0 Å². The second-order valence-corrected chi connectivity index (χ2v) is 11.5. The standard InChI is InChI=1S/C29H24ClN5O2S/c30-22-14-11-20(12-15-22)28-26(27(19-9-10-19)33-34-29(31)32)24-7-3-4-8-25(24)35(28)38(36,37)23-16-13-18-5-1-2-6-21(18)17-23/h1-8,11-17,19H,9-10H2,(H4,31,32,34). The highest BCUT2D eigenvalue weighted by atomic mass is 35.5. The van der Waals surface area contributed by atoms with Crippen LogP contribution in [0.15, 0.2) is 106 Å². The molecule has 9 heteroatoms. The van der Waals surface area contributed by atoms with Gasteiger partial charge in [-0.15, -0.1) is 5.10 Å². The maximum Gasteiger partial charge on any atom is 0.268 e. The summed E-state index contributed by atoms with van der Waals surface area (Å²) in [5.41, 5.74) is 14.3. The van der Waals surface area contributed by atoms with Gasteiger partial charge in [0.2, 0.25) is 5.96 Å². The highest BCUT2D eigenvalue weighted by molar-refractivity contribution is 7.90. The van der Waals surface area contributed by atoms with Gasteiger partial charge >= 0.3 is 0 Å². The fraction of sp³-hybridized carbons (Fsp3) is 0.103. The first kappa shape index (κ1) is 24.2. The van der Waals surface area contributed by atoms with E-state index >= 15 is 0 Å². The lowest BCUT2D eigenvalue weighted by atomic mass is 9.98. The molecule has 0 amide bonds. The van der Waals surface area contributed by atoms with Crippen molar-refractivity contribution in [2.24, 2.45) is 27.6 Å². The van der Waals surface area contributed by atoms with E-state index < -0.39 is 10.0 Å². The SMILES string of the molecule is NC(N)=NN=C(c1c(-c2ccc(Cl)cc2)n(S(=O)(=O)c2ccc3ccccc3c2)c2ccccc12)C1CC1. The number of para-hydroxylation sites is 1. The third-order valence-electron chi connectivity index (χ3n) is 6.70. The lowest BCUT2D eigenvalue weighted by molar-refractivity contribution is 0.589. The predicted molar refractivity (Wildman–Crippen MR) is 154 cm³/mol. The zero-order valence-corrected chi connectivity index (χ0v) is 21.8. The molecule has 1 aromatic heterocycles. The van der Waals surface area contributed by atoms with E-state index in [0.29, 0.717) is 33.1 Å². The molecule has 1 aliphatic rings. The van der Waals surface area contributed by atoms with E-state index in [1.165, 1.54) is 3.97 Å². The first-order valence-electron chi connectivity index (χ1n) is 12.2. The van der Waals surface area contributed by atoms with Gasteiger partial charge in [0.25, 0.3) is 10.0 Å². The molecule has 1 heterocycles. The van der Waals surface area contributed by atoms with Gasteiger partial charge in [-0.3, -0.25) is 0 Å². The summed E-state index contributed by atoms with van der Waals surface area (Å²) in [6.45, 7) is 0. The van der Waals surface area contributed by atoms with Gasteiger partial charge in [0, 0.05) is 27.5 Å². The first-order chi connectivity index (χ1) is 18.3. The summed E-state index contributed by atoms with van der Waals surface area (Å²) in [6, 6.07) is 27.4. The van der Waals surface area contributed by atoms with Crippen molar-refractivity contribution in [2.45, 2.75) is 17.7 Å². The Hall–Kier alpha value is -4.14. The van der Waals surface area contributed by atoms with E-state index in [2.05, 4.69) is 10.2 Å². The number of halogens is 1. The van der Waals surface area contributed by atoms with Crippen molar-refractivity contribution in [1.82, 2.24) is 3.97 Å². The van der Waals surface area contributed by atoms with Crippen LogP contribution in [0.5, 0.6) is 0 Å². The van der Waals surface area contributed by atoms with Crippen LogP contribution in [-0.4, -0.2) is 24.1 Å². The van der Waals surface area contributed by atoms with Crippen LogP contribution in [0.2, 0.25) is 5.02 Å². The monoisotopic (exact) mass is 541 g/mol. The Bertz CT molecular complexity index is 1870. The minimum absolute atomic E-state index is 0.117. The molecule has 6 rings (SSSR count). The average Bonchev–Trinajstić information content (AvgIpc) is 3.70. The summed E-state index contributed by atoms with van der Waals surface area (Å²) in [6.07, 6.45) is 1.83. The number of aromatic nitrogens is 1. The van der Waals surface area contributed by atoms with Crippen molar-refractivity contribution in [1.29, 1.82) is 0 Å². The molecule has 0 aliphatic heterocycles. The van der Waals surface area contributed by atoms with E-state index in [0.717, 1.165) is 29.0 Å². The van der Waals surface area contributed by atoms with Gasteiger partial charge in [-0.1, -0.05) is 72.3 Å². The second kappa shape index (κ2) is 9.31. The summed E-state index contributed by atoms with van der Waals surface area (Å²) >= 11 is 6.21. The van der Waals surface area contributed by atoms with E-state index in [4.69, 9.17) is 23.1 Å². The minimum atomic E-state index is -4.05. The zero-order valence-electron chi connectivity index (χ0n) is 20.3. The molecule has 38 heavy (non-hydrogen) atoms. The highest BCUT2D eigenvalue weighted by Gasteiger charge is 2.36. The van der Waals surface area contributed by atoms with Gasteiger partial charge in [0.15, 0.2) is 0 Å². The second-order valence-electron chi connectivity index (χ2n) is 9.31. The third-order valence-corrected chi connectivity index (χ3v) is 8.66. The lowest BCUT2D eigenvalue weighted by Crippen LogP contribution is -2.22. The molecule has 0 spiro atoms. The fourth-order valence-electron chi connectivity index (χ4n) is 4.83. The van der Waals surface area contributed by atoms with Crippen molar-refractivity contribution in [3.05, 3.63) is 102 Å². The number of fused-ring (bicyclic) bond motifs is 2. The molecule has 0 atom stereocenters. The molecule has 4 aromatic carbocycles. The molecular weight excluding hydrogens is 518 g/mol. The number of guanidine groups is 1. The Morgan fingerprint density at radius 3 is 2.24 bits per heavy atom. The fourth-order valence-corrected chi connectivity index (χ4v) is 6.54. The number of nitrogens with zero attached hydrogens (tertiary/aromatic N) is 3. The molecule has 190 valence electrons. The lowest BCUT2D eigenvalue weighted by Gasteiger charge is -2.15. The maximum atomic E-state index is 14.5. The first-order valence-corrected chi connectivity index (χ1v) is 14.0. The van der Waals surface area contributed by atoms with E-state index in [-0.39, 0.29) is 16.8 Å². The van der Waals surface area contributed by atoms with Crippen LogP contribution in [0.3, 0.4) is 0 Å². The number of nitrogens with two attached hydrogens (primary N) is 2. The Kier molecular flexibility index (Phi) is 5.93. The van der Waals surface area contributed by atoms with Crippen LogP contribution in [0.1, 0.15) is 18.4 Å². The smallest absolute Gasteiger partial charge is 0.268 e. The molecule has 0 saturated heterocycles. The maximum absolute atomic E-state index is 14.5. The number of hydrogen-bond acceptors (Lipinski definition) is 4. The minimum Gasteiger partial charge on any atom is -0.369 e. The van der Waals surface area contributed by atoms with Crippen LogP contribution >= 0.6 is 11.6 Å². The summed E-state index contributed by atoms with van der Waals surface area (Å²) in [4.78, 5) is 0.188. The summed E-state index contributed by atoms with van der Waals surface area (Å²) < 4.78 is 30.4. The summed E-state index contributed by atoms with van der Waals surface area (Å²) in [5.74, 6) is -0.0458. The van der Waals surface area contributed by atoms with Gasteiger partial charge in [0.1, 0.15) is 0 Å². The van der Waals surface area contributed by atoms with Crippen molar-refractivity contribution in [3.8, 4) is 11.3 Å². The zero-order chi connectivity index (χ0) is 26.4. The van der Waals surface area contributed by atoms with E-state index in [9.17, 15) is 8.42 Å². The number of hydrogen-bond donors (Lipinski definition) is 2. The van der Waals surface area contributed by atoms with Crippen LogP contribution in [0.25, 0.3) is 32.9 Å². The van der Waals surface area contributed by atoms with Crippen LogP contribution < -0.4 is 11.5 Å². The number of rotatable bonds is 6.